The first-order chi connectivity index (χ1) is 13.2. The monoisotopic (exact) mass is 388 g/mol. The van der Waals surface area contributed by atoms with Gasteiger partial charge in [-0.2, -0.15) is 0 Å². The Kier molecular flexibility index (Phi) is 7.47. The van der Waals surface area contributed by atoms with Crippen molar-refractivity contribution < 1.29 is 9.18 Å². The fourth-order valence-corrected chi connectivity index (χ4v) is 3.81. The summed E-state index contributed by atoms with van der Waals surface area (Å²) in [6.45, 7) is 4.62. The van der Waals surface area contributed by atoms with Gasteiger partial charge < -0.3 is 10.2 Å². The predicted molar refractivity (Wildman–Crippen MR) is 108 cm³/mol. The van der Waals surface area contributed by atoms with Crippen LogP contribution in [-0.2, 0) is 4.79 Å². The van der Waals surface area contributed by atoms with Crippen LogP contribution < -0.4 is 10.2 Å². The summed E-state index contributed by atoms with van der Waals surface area (Å²) >= 11 is 1.67. The van der Waals surface area contributed by atoms with Gasteiger partial charge in [-0.05, 0) is 48.6 Å². The van der Waals surface area contributed by atoms with E-state index >= 15 is 0 Å². The van der Waals surface area contributed by atoms with E-state index in [0.29, 0.717) is 13.1 Å². The number of aromatic nitrogens is 1. The number of hydrogen-bond acceptors (Lipinski definition) is 5. The van der Waals surface area contributed by atoms with Gasteiger partial charge in [-0.15, -0.1) is 11.8 Å². The van der Waals surface area contributed by atoms with Gasteiger partial charge in [0, 0.05) is 43.8 Å². The third-order valence-electron chi connectivity index (χ3n) is 4.44. The number of rotatable bonds is 8. The topological polar surface area (TPSA) is 48.5 Å². The summed E-state index contributed by atoms with van der Waals surface area (Å²) in [5.41, 5.74) is 0. The SMILES string of the molecule is O=C(CN1CCN(c2ccccn2)CC1)NCCCSc1ccc(F)cc1. The number of carbonyl (C=O) groups is 1. The molecule has 1 saturated heterocycles. The average molecular weight is 389 g/mol. The quantitative estimate of drug-likeness (QED) is 0.557. The van der Waals surface area contributed by atoms with Crippen molar-refractivity contribution in [1.82, 2.24) is 15.2 Å². The highest BCUT2D eigenvalue weighted by Crippen LogP contribution is 2.18. The minimum absolute atomic E-state index is 0.0769. The zero-order chi connectivity index (χ0) is 18.9. The number of hydrogen-bond donors (Lipinski definition) is 1. The first-order valence-corrected chi connectivity index (χ1v) is 10.2. The summed E-state index contributed by atoms with van der Waals surface area (Å²) in [5, 5.41) is 2.99. The highest BCUT2D eigenvalue weighted by Gasteiger charge is 2.19. The third-order valence-corrected chi connectivity index (χ3v) is 5.54. The number of piperazine rings is 1. The molecule has 0 aliphatic carbocycles. The summed E-state index contributed by atoms with van der Waals surface area (Å²) in [5.74, 6) is 1.76. The van der Waals surface area contributed by atoms with Crippen molar-refractivity contribution in [3.05, 3.63) is 54.5 Å². The highest BCUT2D eigenvalue weighted by atomic mass is 32.2. The number of nitrogens with zero attached hydrogens (tertiary/aromatic N) is 3. The van der Waals surface area contributed by atoms with E-state index in [1.165, 1.54) is 12.1 Å². The van der Waals surface area contributed by atoms with Crippen molar-refractivity contribution in [2.75, 3.05) is 49.9 Å². The third kappa shape index (κ3) is 6.52. The van der Waals surface area contributed by atoms with E-state index < -0.39 is 0 Å². The number of benzene rings is 1. The van der Waals surface area contributed by atoms with Crippen LogP contribution in [0.3, 0.4) is 0 Å². The van der Waals surface area contributed by atoms with Gasteiger partial charge in [0.1, 0.15) is 11.6 Å². The van der Waals surface area contributed by atoms with Crippen molar-refractivity contribution in [3.8, 4) is 0 Å². The van der Waals surface area contributed by atoms with Crippen molar-refractivity contribution >= 4 is 23.5 Å². The minimum Gasteiger partial charge on any atom is -0.355 e. The van der Waals surface area contributed by atoms with Gasteiger partial charge in [-0.25, -0.2) is 9.37 Å². The Labute approximate surface area is 164 Å². The number of nitrogens with one attached hydrogen (secondary N) is 1. The van der Waals surface area contributed by atoms with E-state index in [1.807, 2.05) is 24.4 Å². The molecule has 1 amide bonds. The normalized spacial score (nSPS) is 14.9. The second kappa shape index (κ2) is 10.3. The number of pyridine rings is 1. The zero-order valence-electron chi connectivity index (χ0n) is 15.3. The van der Waals surface area contributed by atoms with Crippen LogP contribution in [0.1, 0.15) is 6.42 Å². The first-order valence-electron chi connectivity index (χ1n) is 9.24. The molecule has 5 nitrogen and oxygen atoms in total. The maximum atomic E-state index is 12.9. The minimum atomic E-state index is -0.215. The molecule has 7 heteroatoms. The Balaban J connectivity index is 1.27. The standard InChI is InChI=1S/C20H25FN4OS/c21-17-5-7-18(8-6-17)27-15-3-10-23-20(26)16-24-11-13-25(14-12-24)19-4-1-2-9-22-19/h1-2,4-9H,3,10-16H2,(H,23,26). The van der Waals surface area contributed by atoms with E-state index in [9.17, 15) is 9.18 Å². The van der Waals surface area contributed by atoms with Gasteiger partial charge in [-0.1, -0.05) is 6.07 Å². The van der Waals surface area contributed by atoms with Crippen molar-refractivity contribution in [3.63, 3.8) is 0 Å². The van der Waals surface area contributed by atoms with E-state index in [-0.39, 0.29) is 11.7 Å². The Morgan fingerprint density at radius 3 is 2.59 bits per heavy atom. The average Bonchev–Trinajstić information content (AvgIpc) is 2.70. The van der Waals surface area contributed by atoms with Crippen LogP contribution in [0.15, 0.2) is 53.6 Å². The maximum Gasteiger partial charge on any atom is 0.234 e. The van der Waals surface area contributed by atoms with Crippen LogP contribution in [0.4, 0.5) is 10.2 Å². The first kappa shape index (κ1) is 19.6. The molecule has 2 aromatic rings. The predicted octanol–water partition coefficient (Wildman–Crippen LogP) is 2.64. The lowest BCUT2D eigenvalue weighted by Crippen LogP contribution is -2.49. The molecule has 0 unspecified atom stereocenters. The molecule has 0 atom stereocenters. The van der Waals surface area contributed by atoms with Crippen LogP contribution in [0, 0.1) is 5.82 Å². The molecule has 1 aromatic heterocycles. The Morgan fingerprint density at radius 1 is 1.11 bits per heavy atom. The summed E-state index contributed by atoms with van der Waals surface area (Å²) in [4.78, 5) is 22.0. The van der Waals surface area contributed by atoms with Gasteiger partial charge in [0.05, 0.1) is 6.54 Å². The van der Waals surface area contributed by atoms with Crippen LogP contribution in [0.25, 0.3) is 0 Å². The summed E-state index contributed by atoms with van der Waals surface area (Å²) in [6, 6.07) is 12.4. The van der Waals surface area contributed by atoms with Gasteiger partial charge in [-0.3, -0.25) is 9.69 Å². The molecule has 0 saturated carbocycles. The van der Waals surface area contributed by atoms with Crippen LogP contribution in [-0.4, -0.2) is 60.8 Å². The lowest BCUT2D eigenvalue weighted by molar-refractivity contribution is -0.122. The largest absolute Gasteiger partial charge is 0.355 e. The molecule has 1 aliphatic rings. The second-order valence-electron chi connectivity index (χ2n) is 6.46. The van der Waals surface area contributed by atoms with Gasteiger partial charge >= 0.3 is 0 Å². The molecule has 1 aliphatic heterocycles. The van der Waals surface area contributed by atoms with E-state index in [1.54, 1.807) is 23.9 Å². The van der Waals surface area contributed by atoms with Crippen LogP contribution in [0.2, 0.25) is 0 Å². The van der Waals surface area contributed by atoms with E-state index in [4.69, 9.17) is 0 Å². The molecule has 27 heavy (non-hydrogen) atoms. The summed E-state index contributed by atoms with van der Waals surface area (Å²) in [7, 11) is 0. The molecule has 2 heterocycles. The van der Waals surface area contributed by atoms with Gasteiger partial charge in [0.2, 0.25) is 5.91 Å². The number of anilines is 1. The molecule has 1 aromatic carbocycles. The molecule has 1 fully saturated rings. The summed E-state index contributed by atoms with van der Waals surface area (Å²) < 4.78 is 12.9. The summed E-state index contributed by atoms with van der Waals surface area (Å²) in [6.07, 6.45) is 2.70. The van der Waals surface area contributed by atoms with E-state index in [2.05, 4.69) is 20.1 Å². The second-order valence-corrected chi connectivity index (χ2v) is 7.63. The van der Waals surface area contributed by atoms with Gasteiger partial charge in [0.25, 0.3) is 0 Å². The molecule has 0 spiro atoms. The van der Waals surface area contributed by atoms with Crippen LogP contribution >= 0.6 is 11.8 Å². The number of amides is 1. The highest BCUT2D eigenvalue weighted by molar-refractivity contribution is 7.99. The van der Waals surface area contributed by atoms with Crippen molar-refractivity contribution in [2.24, 2.45) is 0 Å². The zero-order valence-corrected chi connectivity index (χ0v) is 16.1. The molecule has 0 radical (unpaired) electrons. The lowest BCUT2D eigenvalue weighted by Gasteiger charge is -2.34. The molecule has 3 rings (SSSR count). The van der Waals surface area contributed by atoms with E-state index in [0.717, 1.165) is 49.1 Å². The fraction of sp³-hybridized carbons (Fsp3) is 0.400. The van der Waals surface area contributed by atoms with Gasteiger partial charge in [0.15, 0.2) is 0 Å². The molecule has 144 valence electrons. The van der Waals surface area contributed by atoms with Crippen LogP contribution in [0.5, 0.6) is 0 Å². The Hall–Kier alpha value is -2.12. The number of carbonyl (C=O) groups excluding carboxylic acids is 1. The molecule has 1 N–H and O–H groups in total. The van der Waals surface area contributed by atoms with Crippen molar-refractivity contribution in [1.29, 1.82) is 0 Å². The smallest absolute Gasteiger partial charge is 0.234 e. The number of thioether (sulfide) groups is 1. The maximum absolute atomic E-state index is 12.9. The Morgan fingerprint density at radius 2 is 1.89 bits per heavy atom. The van der Waals surface area contributed by atoms with Crippen molar-refractivity contribution in [2.45, 2.75) is 11.3 Å². The number of halogens is 1. The fourth-order valence-electron chi connectivity index (χ4n) is 2.96. The molecule has 0 bridgehead atoms. The lowest BCUT2D eigenvalue weighted by atomic mass is 10.3. The Bertz CT molecular complexity index is 706. The molecular weight excluding hydrogens is 363 g/mol. The molecular formula is C20H25FN4OS.